The fourth-order valence-corrected chi connectivity index (χ4v) is 2.65. The average molecular weight is 353 g/mol. The number of aromatic nitrogens is 4. The summed E-state index contributed by atoms with van der Waals surface area (Å²) in [5.41, 5.74) is 0.388. The van der Waals surface area contributed by atoms with E-state index in [2.05, 4.69) is 20.2 Å². The van der Waals surface area contributed by atoms with E-state index in [0.29, 0.717) is 15.6 Å². The predicted octanol–water partition coefficient (Wildman–Crippen LogP) is 3.21. The maximum atomic E-state index is 12.5. The van der Waals surface area contributed by atoms with E-state index in [0.717, 1.165) is 16.2 Å². The summed E-state index contributed by atoms with van der Waals surface area (Å²) >= 11 is 1.07. The smallest absolute Gasteiger partial charge is 0.412 e. The molecule has 0 spiro atoms. The molecule has 0 aliphatic heterocycles. The van der Waals surface area contributed by atoms with Crippen molar-refractivity contribution in [3.8, 4) is 10.8 Å². The van der Waals surface area contributed by atoms with Crippen molar-refractivity contribution in [1.82, 2.24) is 20.2 Å². The number of pyridine rings is 1. The second kappa shape index (κ2) is 6.66. The van der Waals surface area contributed by atoms with Gasteiger partial charge in [-0.1, -0.05) is 0 Å². The summed E-state index contributed by atoms with van der Waals surface area (Å²) in [6, 6.07) is 3.21. The molecule has 0 saturated carbocycles. The minimum absolute atomic E-state index is 0.0263. The monoisotopic (exact) mass is 353 g/mol. The van der Waals surface area contributed by atoms with Gasteiger partial charge in [0.1, 0.15) is 9.88 Å². The standard InChI is InChI=1S/C13H9F2N5O3S/c14-10(15)12-19-18-11(23-12)8-5-17-9(24-8)6-20(13(21)22)7-2-1-3-16-4-7/h1-5,10H,6H2,(H,21,22). The zero-order chi connectivity index (χ0) is 17.1. The van der Waals surface area contributed by atoms with Crippen LogP contribution in [0.5, 0.6) is 0 Å². The lowest BCUT2D eigenvalue weighted by Gasteiger charge is -2.17. The molecule has 24 heavy (non-hydrogen) atoms. The average Bonchev–Trinajstić information content (AvgIpc) is 3.22. The normalized spacial score (nSPS) is 11.0. The van der Waals surface area contributed by atoms with E-state index in [1.807, 2.05) is 0 Å². The van der Waals surface area contributed by atoms with Crippen molar-refractivity contribution in [2.24, 2.45) is 0 Å². The molecule has 0 saturated heterocycles. The molecule has 3 heterocycles. The Hall–Kier alpha value is -2.95. The Morgan fingerprint density at radius 3 is 2.83 bits per heavy atom. The predicted molar refractivity (Wildman–Crippen MR) is 78.8 cm³/mol. The van der Waals surface area contributed by atoms with Gasteiger partial charge in [-0.25, -0.2) is 9.78 Å². The van der Waals surface area contributed by atoms with Crippen LogP contribution in [0.15, 0.2) is 35.1 Å². The minimum atomic E-state index is -2.85. The minimum Gasteiger partial charge on any atom is -0.465 e. The van der Waals surface area contributed by atoms with Crippen molar-refractivity contribution >= 4 is 23.1 Å². The molecule has 0 unspecified atom stereocenters. The number of halogens is 2. The molecule has 0 aliphatic carbocycles. The summed E-state index contributed by atoms with van der Waals surface area (Å²) in [5, 5.41) is 16.5. The lowest BCUT2D eigenvalue weighted by molar-refractivity contribution is 0.116. The van der Waals surface area contributed by atoms with E-state index in [-0.39, 0.29) is 12.4 Å². The molecule has 0 bridgehead atoms. The van der Waals surface area contributed by atoms with Crippen LogP contribution in [0.3, 0.4) is 0 Å². The highest BCUT2D eigenvalue weighted by Crippen LogP contribution is 2.28. The SMILES string of the molecule is O=C(O)N(Cc1ncc(-c2nnc(C(F)F)o2)s1)c1cccnc1. The van der Waals surface area contributed by atoms with Crippen LogP contribution in [0.25, 0.3) is 10.8 Å². The topological polar surface area (TPSA) is 105 Å². The largest absolute Gasteiger partial charge is 0.465 e. The maximum Gasteiger partial charge on any atom is 0.412 e. The molecule has 1 N–H and O–H groups in total. The van der Waals surface area contributed by atoms with Crippen molar-refractivity contribution in [2.45, 2.75) is 13.0 Å². The Balaban J connectivity index is 1.80. The molecule has 0 aromatic carbocycles. The van der Waals surface area contributed by atoms with Crippen LogP contribution in [0, 0.1) is 0 Å². The number of carboxylic acid groups (broad SMARTS) is 1. The number of amides is 1. The van der Waals surface area contributed by atoms with Crippen LogP contribution in [-0.4, -0.2) is 31.4 Å². The van der Waals surface area contributed by atoms with Gasteiger partial charge in [0.25, 0.3) is 11.8 Å². The molecule has 0 atom stereocenters. The molecule has 0 fully saturated rings. The van der Waals surface area contributed by atoms with Gasteiger partial charge in [0.15, 0.2) is 0 Å². The quantitative estimate of drug-likeness (QED) is 0.751. The third kappa shape index (κ3) is 3.35. The van der Waals surface area contributed by atoms with E-state index in [4.69, 9.17) is 4.42 Å². The number of alkyl halides is 2. The molecular weight excluding hydrogens is 344 g/mol. The Morgan fingerprint density at radius 1 is 1.38 bits per heavy atom. The van der Waals surface area contributed by atoms with Crippen LogP contribution in [-0.2, 0) is 6.54 Å². The first-order valence-corrected chi connectivity index (χ1v) is 7.33. The molecule has 11 heteroatoms. The van der Waals surface area contributed by atoms with Crippen LogP contribution < -0.4 is 4.90 Å². The van der Waals surface area contributed by atoms with E-state index in [1.165, 1.54) is 18.6 Å². The van der Waals surface area contributed by atoms with Crippen LogP contribution in [0.2, 0.25) is 0 Å². The van der Waals surface area contributed by atoms with Crippen molar-refractivity contribution in [3.05, 3.63) is 41.6 Å². The molecular formula is C13H9F2N5O3S. The zero-order valence-corrected chi connectivity index (χ0v) is 12.7. The maximum absolute atomic E-state index is 12.5. The lowest BCUT2D eigenvalue weighted by atomic mass is 10.4. The summed E-state index contributed by atoms with van der Waals surface area (Å²) in [5.74, 6) is -0.861. The van der Waals surface area contributed by atoms with Crippen LogP contribution in [0.1, 0.15) is 17.3 Å². The number of thiazole rings is 1. The summed E-state index contributed by atoms with van der Waals surface area (Å²) in [6.07, 6.45) is 0.284. The zero-order valence-electron chi connectivity index (χ0n) is 11.8. The van der Waals surface area contributed by atoms with Gasteiger partial charge in [0.05, 0.1) is 24.6 Å². The summed E-state index contributed by atoms with van der Waals surface area (Å²) in [7, 11) is 0. The second-order valence-corrected chi connectivity index (χ2v) is 5.56. The van der Waals surface area contributed by atoms with Gasteiger partial charge in [0, 0.05) is 6.20 Å². The van der Waals surface area contributed by atoms with Gasteiger partial charge in [0.2, 0.25) is 0 Å². The van der Waals surface area contributed by atoms with Crippen molar-refractivity contribution in [3.63, 3.8) is 0 Å². The van der Waals surface area contributed by atoms with Gasteiger partial charge < -0.3 is 9.52 Å². The number of hydrogen-bond acceptors (Lipinski definition) is 7. The van der Waals surface area contributed by atoms with Gasteiger partial charge >= 0.3 is 12.5 Å². The third-order valence-electron chi connectivity index (χ3n) is 2.87. The van der Waals surface area contributed by atoms with Gasteiger partial charge in [-0.05, 0) is 12.1 Å². The van der Waals surface area contributed by atoms with Gasteiger partial charge in [-0.15, -0.1) is 21.5 Å². The third-order valence-corrected chi connectivity index (χ3v) is 3.84. The second-order valence-electron chi connectivity index (χ2n) is 4.44. The van der Waals surface area contributed by atoms with Gasteiger partial charge in [-0.3, -0.25) is 9.88 Å². The highest BCUT2D eigenvalue weighted by molar-refractivity contribution is 7.15. The molecule has 3 aromatic heterocycles. The summed E-state index contributed by atoms with van der Waals surface area (Å²) in [4.78, 5) is 20.8. The van der Waals surface area contributed by atoms with Crippen molar-refractivity contribution in [2.75, 3.05) is 4.90 Å². The molecule has 0 radical (unpaired) electrons. The fraction of sp³-hybridized carbons (Fsp3) is 0.154. The summed E-state index contributed by atoms with van der Waals surface area (Å²) in [6.45, 7) is -0.0263. The molecule has 3 rings (SSSR count). The molecule has 124 valence electrons. The Labute approximate surface area is 137 Å². The highest BCUT2D eigenvalue weighted by atomic mass is 32.1. The summed E-state index contributed by atoms with van der Waals surface area (Å²) < 4.78 is 29.8. The van der Waals surface area contributed by atoms with E-state index in [1.54, 1.807) is 12.1 Å². The highest BCUT2D eigenvalue weighted by Gasteiger charge is 2.20. The fourth-order valence-electron chi connectivity index (χ4n) is 1.82. The number of hydrogen-bond donors (Lipinski definition) is 1. The Bertz CT molecular complexity index is 839. The van der Waals surface area contributed by atoms with Gasteiger partial charge in [-0.2, -0.15) is 8.78 Å². The van der Waals surface area contributed by atoms with Crippen molar-refractivity contribution < 1.29 is 23.1 Å². The van der Waals surface area contributed by atoms with Crippen molar-refractivity contribution in [1.29, 1.82) is 0 Å². The molecule has 0 aliphatic rings. The Kier molecular flexibility index (Phi) is 4.42. The Morgan fingerprint density at radius 2 is 2.21 bits per heavy atom. The number of rotatable bonds is 5. The van der Waals surface area contributed by atoms with Crippen LogP contribution in [0.4, 0.5) is 19.3 Å². The first kappa shape index (κ1) is 15.9. The first-order chi connectivity index (χ1) is 11.5. The van der Waals surface area contributed by atoms with Crippen LogP contribution >= 0.6 is 11.3 Å². The molecule has 3 aromatic rings. The molecule has 1 amide bonds. The molecule has 8 nitrogen and oxygen atoms in total. The van der Waals surface area contributed by atoms with E-state index in [9.17, 15) is 18.7 Å². The number of anilines is 1. The van der Waals surface area contributed by atoms with E-state index >= 15 is 0 Å². The number of nitrogens with zero attached hydrogens (tertiary/aromatic N) is 5. The van der Waals surface area contributed by atoms with E-state index < -0.39 is 18.4 Å². The number of carbonyl (C=O) groups is 1. The first-order valence-electron chi connectivity index (χ1n) is 6.51. The lowest BCUT2D eigenvalue weighted by Crippen LogP contribution is -2.28.